The summed E-state index contributed by atoms with van der Waals surface area (Å²) in [5, 5.41) is 0. The number of ether oxygens (including phenoxy) is 2. The molecular weight excluding hydrogens is 308 g/mol. The van der Waals surface area contributed by atoms with E-state index in [0.717, 1.165) is 0 Å². The number of benzene rings is 1. The molecule has 2 aromatic rings. The maximum atomic E-state index is 11.3. The summed E-state index contributed by atoms with van der Waals surface area (Å²) >= 11 is 0. The van der Waals surface area contributed by atoms with E-state index in [1.54, 1.807) is 20.3 Å². The summed E-state index contributed by atoms with van der Waals surface area (Å²) in [4.78, 5) is 19.9. The van der Waals surface area contributed by atoms with Crippen LogP contribution in [0.5, 0.6) is 11.5 Å². The Morgan fingerprint density at radius 2 is 1.83 bits per heavy atom. The first kappa shape index (κ1) is 17.5. The lowest BCUT2D eigenvalue weighted by Gasteiger charge is -2.16. The fourth-order valence-corrected chi connectivity index (χ4v) is 2.63. The van der Waals surface area contributed by atoms with Crippen molar-refractivity contribution in [3.8, 4) is 22.8 Å². The van der Waals surface area contributed by atoms with Gasteiger partial charge in [-0.05, 0) is 24.6 Å². The minimum Gasteiger partial charge on any atom is -0.496 e. The van der Waals surface area contributed by atoms with E-state index < -0.39 is 0 Å². The molecule has 1 atom stereocenters. The van der Waals surface area contributed by atoms with Crippen LogP contribution in [0.1, 0.15) is 31.4 Å². The number of anilines is 1. The Morgan fingerprint density at radius 3 is 2.33 bits per heavy atom. The van der Waals surface area contributed by atoms with E-state index in [1.807, 2.05) is 25.1 Å². The minimum atomic E-state index is -0.379. The first-order valence-electron chi connectivity index (χ1n) is 7.64. The number of rotatable bonds is 7. The van der Waals surface area contributed by atoms with Crippen molar-refractivity contribution in [2.75, 3.05) is 20.0 Å². The molecule has 0 bridgehead atoms. The van der Waals surface area contributed by atoms with Gasteiger partial charge in [-0.1, -0.05) is 13.0 Å². The van der Waals surface area contributed by atoms with Gasteiger partial charge >= 0.3 is 0 Å². The zero-order valence-corrected chi connectivity index (χ0v) is 14.1. The third kappa shape index (κ3) is 3.73. The lowest BCUT2D eigenvalue weighted by molar-refractivity contribution is -0.118. The van der Waals surface area contributed by atoms with Crippen molar-refractivity contribution >= 4 is 11.9 Å². The van der Waals surface area contributed by atoms with Crippen LogP contribution in [0.4, 0.5) is 5.95 Å². The molecule has 7 nitrogen and oxygen atoms in total. The fourth-order valence-electron chi connectivity index (χ4n) is 2.63. The summed E-state index contributed by atoms with van der Waals surface area (Å²) in [5.41, 5.74) is 13.2. The number of methoxy groups -OCH3 is 2. The van der Waals surface area contributed by atoms with Crippen LogP contribution in [0.3, 0.4) is 0 Å². The van der Waals surface area contributed by atoms with Gasteiger partial charge < -0.3 is 20.9 Å². The number of hydrogen-bond acceptors (Lipinski definition) is 6. The van der Waals surface area contributed by atoms with Crippen LogP contribution in [0, 0.1) is 0 Å². The van der Waals surface area contributed by atoms with E-state index in [1.165, 1.54) is 0 Å². The topological polar surface area (TPSA) is 113 Å². The average molecular weight is 330 g/mol. The summed E-state index contributed by atoms with van der Waals surface area (Å²) in [6, 6.07) is 7.26. The molecule has 1 unspecified atom stereocenters. The molecule has 1 amide bonds. The maximum absolute atomic E-state index is 11.3. The fraction of sp³-hybridized carbons (Fsp3) is 0.353. The molecule has 0 aliphatic carbocycles. The SMILES string of the molecule is CCC(CC(N)=O)c1cc(-c2c(OC)cccc2OC)nc(N)n1. The predicted molar refractivity (Wildman–Crippen MR) is 91.8 cm³/mol. The number of nitrogens with zero attached hydrogens (tertiary/aromatic N) is 2. The first-order valence-corrected chi connectivity index (χ1v) is 7.64. The highest BCUT2D eigenvalue weighted by Gasteiger charge is 2.20. The Labute approximate surface area is 141 Å². The van der Waals surface area contributed by atoms with Gasteiger partial charge in [0.1, 0.15) is 11.5 Å². The second kappa shape index (κ2) is 7.63. The Bertz CT molecular complexity index is 712. The first-order chi connectivity index (χ1) is 11.5. The molecule has 2 rings (SSSR count). The second-order valence-corrected chi connectivity index (χ2v) is 5.35. The number of hydrogen-bond donors (Lipinski definition) is 2. The van der Waals surface area contributed by atoms with Crippen LogP contribution < -0.4 is 20.9 Å². The molecule has 0 fully saturated rings. The number of aromatic nitrogens is 2. The molecule has 0 radical (unpaired) electrons. The molecule has 0 aliphatic heterocycles. The van der Waals surface area contributed by atoms with Crippen LogP contribution in [0.25, 0.3) is 11.3 Å². The van der Waals surface area contributed by atoms with Crippen molar-refractivity contribution < 1.29 is 14.3 Å². The van der Waals surface area contributed by atoms with Gasteiger partial charge in [0.15, 0.2) is 0 Å². The van der Waals surface area contributed by atoms with Crippen LogP contribution >= 0.6 is 0 Å². The number of nitrogens with two attached hydrogens (primary N) is 2. The molecule has 0 spiro atoms. The van der Waals surface area contributed by atoms with E-state index in [0.29, 0.717) is 34.9 Å². The summed E-state index contributed by atoms with van der Waals surface area (Å²) in [5.74, 6) is 0.851. The van der Waals surface area contributed by atoms with Crippen molar-refractivity contribution in [3.63, 3.8) is 0 Å². The molecule has 128 valence electrons. The second-order valence-electron chi connectivity index (χ2n) is 5.35. The Hall–Kier alpha value is -2.83. The molecule has 0 aliphatic rings. The van der Waals surface area contributed by atoms with Gasteiger partial charge in [-0.25, -0.2) is 9.97 Å². The Balaban J connectivity index is 2.59. The van der Waals surface area contributed by atoms with Gasteiger partial charge in [0.05, 0.1) is 31.2 Å². The van der Waals surface area contributed by atoms with E-state index in [-0.39, 0.29) is 24.2 Å². The van der Waals surface area contributed by atoms with E-state index >= 15 is 0 Å². The highest BCUT2D eigenvalue weighted by Crippen LogP contribution is 2.38. The number of nitrogen functional groups attached to an aromatic ring is 1. The van der Waals surface area contributed by atoms with Crippen molar-refractivity contribution in [2.45, 2.75) is 25.7 Å². The minimum absolute atomic E-state index is 0.118. The van der Waals surface area contributed by atoms with Crippen molar-refractivity contribution in [1.82, 2.24) is 9.97 Å². The van der Waals surface area contributed by atoms with Gasteiger partial charge in [-0.2, -0.15) is 0 Å². The van der Waals surface area contributed by atoms with E-state index in [2.05, 4.69) is 9.97 Å². The summed E-state index contributed by atoms with van der Waals surface area (Å²) in [6.45, 7) is 1.97. The van der Waals surface area contributed by atoms with Gasteiger partial charge in [0, 0.05) is 12.3 Å². The van der Waals surface area contributed by atoms with E-state index in [4.69, 9.17) is 20.9 Å². The lowest BCUT2D eigenvalue weighted by atomic mass is 9.96. The molecular formula is C17H22N4O3. The van der Waals surface area contributed by atoms with Gasteiger partial charge in [0.25, 0.3) is 0 Å². The lowest BCUT2D eigenvalue weighted by Crippen LogP contribution is -2.16. The van der Waals surface area contributed by atoms with Gasteiger partial charge in [-0.15, -0.1) is 0 Å². The predicted octanol–water partition coefficient (Wildman–Crippen LogP) is 2.11. The third-order valence-electron chi connectivity index (χ3n) is 3.81. The number of carbonyl (C=O) groups excluding carboxylic acids is 1. The van der Waals surface area contributed by atoms with Crippen LogP contribution in [-0.4, -0.2) is 30.1 Å². The largest absolute Gasteiger partial charge is 0.496 e. The molecule has 0 saturated heterocycles. The summed E-state index contributed by atoms with van der Waals surface area (Å²) in [7, 11) is 3.15. The maximum Gasteiger partial charge on any atom is 0.220 e. The van der Waals surface area contributed by atoms with Gasteiger partial charge in [-0.3, -0.25) is 4.79 Å². The van der Waals surface area contributed by atoms with Crippen LogP contribution in [-0.2, 0) is 4.79 Å². The highest BCUT2D eigenvalue weighted by molar-refractivity contribution is 5.76. The van der Waals surface area contributed by atoms with Crippen LogP contribution in [0.15, 0.2) is 24.3 Å². The van der Waals surface area contributed by atoms with Crippen LogP contribution in [0.2, 0.25) is 0 Å². The number of primary amides is 1. The molecule has 7 heteroatoms. The summed E-state index contributed by atoms with van der Waals surface area (Å²) in [6.07, 6.45) is 0.914. The average Bonchev–Trinajstić information content (AvgIpc) is 2.57. The summed E-state index contributed by atoms with van der Waals surface area (Å²) < 4.78 is 10.8. The normalized spacial score (nSPS) is 11.8. The third-order valence-corrected chi connectivity index (χ3v) is 3.81. The molecule has 1 heterocycles. The highest BCUT2D eigenvalue weighted by atomic mass is 16.5. The van der Waals surface area contributed by atoms with E-state index in [9.17, 15) is 4.79 Å². The zero-order chi connectivity index (χ0) is 17.7. The smallest absolute Gasteiger partial charge is 0.220 e. The quantitative estimate of drug-likeness (QED) is 0.804. The monoisotopic (exact) mass is 330 g/mol. The number of carbonyl (C=O) groups is 1. The molecule has 1 aromatic carbocycles. The van der Waals surface area contributed by atoms with Gasteiger partial charge in [0.2, 0.25) is 11.9 Å². The molecule has 1 aromatic heterocycles. The Kier molecular flexibility index (Phi) is 5.57. The molecule has 4 N–H and O–H groups in total. The zero-order valence-electron chi connectivity index (χ0n) is 14.1. The van der Waals surface area contributed by atoms with Crippen molar-refractivity contribution in [3.05, 3.63) is 30.0 Å². The Morgan fingerprint density at radius 1 is 1.21 bits per heavy atom. The molecule has 0 saturated carbocycles. The van der Waals surface area contributed by atoms with Crippen molar-refractivity contribution in [2.24, 2.45) is 5.73 Å². The van der Waals surface area contributed by atoms with Crippen molar-refractivity contribution in [1.29, 1.82) is 0 Å². The standard InChI is InChI=1S/C17H22N4O3/c1-4-10(8-15(18)22)11-9-12(21-17(19)20-11)16-13(23-2)6-5-7-14(16)24-3/h5-7,9-10H,4,8H2,1-3H3,(H2,18,22)(H2,19,20,21). The molecule has 24 heavy (non-hydrogen) atoms. The number of amides is 1.